The minimum atomic E-state index is 0. The fourth-order valence-corrected chi connectivity index (χ4v) is 2.81. The number of halogens is 1. The lowest BCUT2D eigenvalue weighted by molar-refractivity contribution is -0.123. The molecule has 2 atom stereocenters. The summed E-state index contributed by atoms with van der Waals surface area (Å²) in [5, 5.41) is 6.28. The maximum atomic E-state index is 11.5. The molecule has 1 aliphatic heterocycles. The quantitative estimate of drug-likeness (QED) is 0.308. The number of nitrogens with zero attached hydrogens (tertiary/aromatic N) is 2. The first-order valence-electron chi connectivity index (χ1n) is 8.25. The number of guanidine groups is 1. The average molecular weight is 424 g/mol. The van der Waals surface area contributed by atoms with Crippen molar-refractivity contribution >= 4 is 35.8 Å². The van der Waals surface area contributed by atoms with Gasteiger partial charge >= 0.3 is 0 Å². The Morgan fingerprint density at radius 1 is 1.23 bits per heavy atom. The van der Waals surface area contributed by atoms with E-state index in [0.29, 0.717) is 24.9 Å². The number of aliphatic imine (C=N–C) groups is 1. The van der Waals surface area contributed by atoms with Gasteiger partial charge in [0.25, 0.3) is 0 Å². The third-order valence-corrected chi connectivity index (χ3v) is 3.70. The standard InChI is InChI=1S/C16H32N4O.HI/c1-6-17-16(19-8-7-18-15(21)12(2)3)20-10-13(4)9-14(5)11-20;/h12-14H,6-11H2,1-5H3,(H,17,19)(H,18,21);1H. The van der Waals surface area contributed by atoms with E-state index in [9.17, 15) is 4.79 Å². The van der Waals surface area contributed by atoms with Crippen molar-refractivity contribution < 1.29 is 4.79 Å². The van der Waals surface area contributed by atoms with Crippen LogP contribution in [0.3, 0.4) is 0 Å². The van der Waals surface area contributed by atoms with Crippen LogP contribution in [0.1, 0.15) is 41.0 Å². The Balaban J connectivity index is 0.00000441. The number of likely N-dealkylation sites (tertiary alicyclic amines) is 1. The van der Waals surface area contributed by atoms with E-state index in [2.05, 4.69) is 41.3 Å². The number of nitrogens with one attached hydrogen (secondary N) is 2. The van der Waals surface area contributed by atoms with Crippen LogP contribution in [0, 0.1) is 17.8 Å². The van der Waals surface area contributed by atoms with Crippen LogP contribution in [-0.4, -0.2) is 49.5 Å². The molecule has 130 valence electrons. The van der Waals surface area contributed by atoms with E-state index in [0.717, 1.165) is 25.6 Å². The van der Waals surface area contributed by atoms with Gasteiger partial charge in [0.2, 0.25) is 5.91 Å². The highest BCUT2D eigenvalue weighted by molar-refractivity contribution is 14.0. The van der Waals surface area contributed by atoms with Gasteiger partial charge in [0, 0.05) is 32.1 Å². The van der Waals surface area contributed by atoms with Gasteiger partial charge < -0.3 is 15.5 Å². The van der Waals surface area contributed by atoms with Gasteiger partial charge in [-0.05, 0) is 25.2 Å². The normalized spacial score (nSPS) is 22.3. The highest BCUT2D eigenvalue weighted by Gasteiger charge is 2.23. The van der Waals surface area contributed by atoms with Crippen molar-refractivity contribution in [1.82, 2.24) is 15.5 Å². The second-order valence-corrected chi connectivity index (χ2v) is 6.53. The van der Waals surface area contributed by atoms with Crippen LogP contribution in [0.25, 0.3) is 0 Å². The molecule has 0 radical (unpaired) electrons. The fraction of sp³-hybridized carbons (Fsp3) is 0.875. The van der Waals surface area contributed by atoms with Crippen molar-refractivity contribution in [1.29, 1.82) is 0 Å². The number of amides is 1. The number of hydrogen-bond donors (Lipinski definition) is 2. The van der Waals surface area contributed by atoms with E-state index >= 15 is 0 Å². The molecule has 1 saturated heterocycles. The fourth-order valence-electron chi connectivity index (χ4n) is 2.81. The van der Waals surface area contributed by atoms with Crippen LogP contribution < -0.4 is 10.6 Å². The summed E-state index contributed by atoms with van der Waals surface area (Å²) in [6.07, 6.45) is 1.29. The number of rotatable bonds is 5. The molecule has 0 aromatic rings. The first-order chi connectivity index (χ1) is 9.93. The Bertz CT molecular complexity index is 350. The molecular formula is C16H33IN4O. The van der Waals surface area contributed by atoms with Crippen LogP contribution in [0.15, 0.2) is 4.99 Å². The summed E-state index contributed by atoms with van der Waals surface area (Å²) in [6, 6.07) is 0. The zero-order valence-corrected chi connectivity index (χ0v) is 17.0. The third kappa shape index (κ3) is 7.65. The monoisotopic (exact) mass is 424 g/mol. The van der Waals surface area contributed by atoms with Crippen LogP contribution in [0.2, 0.25) is 0 Å². The molecule has 1 heterocycles. The molecule has 0 spiro atoms. The van der Waals surface area contributed by atoms with Crippen LogP contribution >= 0.6 is 24.0 Å². The molecular weight excluding hydrogens is 391 g/mol. The van der Waals surface area contributed by atoms with Crippen LogP contribution in [0.5, 0.6) is 0 Å². The number of carbonyl (C=O) groups excluding carboxylic acids is 1. The van der Waals surface area contributed by atoms with Gasteiger partial charge in [0.15, 0.2) is 5.96 Å². The van der Waals surface area contributed by atoms with Crippen molar-refractivity contribution in [3.05, 3.63) is 0 Å². The first kappa shape index (κ1) is 21.5. The predicted molar refractivity (Wildman–Crippen MR) is 104 cm³/mol. The molecule has 6 heteroatoms. The van der Waals surface area contributed by atoms with Gasteiger partial charge in [-0.3, -0.25) is 9.79 Å². The highest BCUT2D eigenvalue weighted by Crippen LogP contribution is 2.20. The lowest BCUT2D eigenvalue weighted by Crippen LogP contribution is -2.48. The molecule has 2 N–H and O–H groups in total. The molecule has 2 unspecified atom stereocenters. The maximum Gasteiger partial charge on any atom is 0.222 e. The molecule has 0 aliphatic carbocycles. The Hall–Kier alpha value is -0.530. The summed E-state index contributed by atoms with van der Waals surface area (Å²) in [4.78, 5) is 18.5. The van der Waals surface area contributed by atoms with E-state index in [1.54, 1.807) is 0 Å². The Morgan fingerprint density at radius 2 is 1.82 bits per heavy atom. The van der Waals surface area contributed by atoms with Crippen molar-refractivity contribution in [3.63, 3.8) is 0 Å². The van der Waals surface area contributed by atoms with Crippen LogP contribution in [0.4, 0.5) is 0 Å². The summed E-state index contributed by atoms with van der Waals surface area (Å²) in [6.45, 7) is 14.7. The lowest BCUT2D eigenvalue weighted by Gasteiger charge is -2.37. The average Bonchev–Trinajstić information content (AvgIpc) is 2.40. The van der Waals surface area contributed by atoms with E-state index in [4.69, 9.17) is 0 Å². The van der Waals surface area contributed by atoms with Gasteiger partial charge in [-0.1, -0.05) is 27.7 Å². The maximum absolute atomic E-state index is 11.5. The van der Waals surface area contributed by atoms with Crippen molar-refractivity contribution in [3.8, 4) is 0 Å². The Morgan fingerprint density at radius 3 is 2.32 bits per heavy atom. The molecule has 0 aromatic heterocycles. The lowest BCUT2D eigenvalue weighted by atomic mass is 9.92. The van der Waals surface area contributed by atoms with Gasteiger partial charge in [-0.25, -0.2) is 0 Å². The number of hydrogen-bond acceptors (Lipinski definition) is 2. The van der Waals surface area contributed by atoms with Gasteiger partial charge in [0.1, 0.15) is 0 Å². The van der Waals surface area contributed by atoms with E-state index in [-0.39, 0.29) is 35.8 Å². The zero-order valence-electron chi connectivity index (χ0n) is 14.7. The van der Waals surface area contributed by atoms with Crippen molar-refractivity contribution in [2.45, 2.75) is 41.0 Å². The Kier molecular flexibility index (Phi) is 10.8. The van der Waals surface area contributed by atoms with Crippen molar-refractivity contribution in [2.75, 3.05) is 32.7 Å². The van der Waals surface area contributed by atoms with Crippen LogP contribution in [-0.2, 0) is 4.79 Å². The van der Waals surface area contributed by atoms with E-state index in [1.165, 1.54) is 6.42 Å². The smallest absolute Gasteiger partial charge is 0.222 e. The SMILES string of the molecule is CCNC(=NCCNC(=O)C(C)C)N1CC(C)CC(C)C1.I. The molecule has 22 heavy (non-hydrogen) atoms. The predicted octanol–water partition coefficient (Wildman–Crippen LogP) is 2.32. The molecule has 0 saturated carbocycles. The molecule has 1 fully saturated rings. The largest absolute Gasteiger partial charge is 0.357 e. The first-order valence-corrected chi connectivity index (χ1v) is 8.25. The second-order valence-electron chi connectivity index (χ2n) is 6.53. The number of piperidine rings is 1. The molecule has 0 aromatic carbocycles. The second kappa shape index (κ2) is 11.1. The summed E-state index contributed by atoms with van der Waals surface area (Å²) < 4.78 is 0. The minimum Gasteiger partial charge on any atom is -0.357 e. The minimum absolute atomic E-state index is 0. The number of carbonyl (C=O) groups is 1. The van der Waals surface area contributed by atoms with Gasteiger partial charge in [-0.2, -0.15) is 0 Å². The van der Waals surface area contributed by atoms with Gasteiger partial charge in [0.05, 0.1) is 6.54 Å². The molecule has 1 aliphatic rings. The molecule has 1 amide bonds. The van der Waals surface area contributed by atoms with Gasteiger partial charge in [-0.15, -0.1) is 24.0 Å². The van der Waals surface area contributed by atoms with E-state index < -0.39 is 0 Å². The summed E-state index contributed by atoms with van der Waals surface area (Å²) in [5.74, 6) is 2.52. The molecule has 5 nitrogen and oxygen atoms in total. The third-order valence-electron chi connectivity index (χ3n) is 3.70. The highest BCUT2D eigenvalue weighted by atomic mass is 127. The summed E-state index contributed by atoms with van der Waals surface area (Å²) >= 11 is 0. The topological polar surface area (TPSA) is 56.7 Å². The van der Waals surface area contributed by atoms with Crippen molar-refractivity contribution in [2.24, 2.45) is 22.7 Å². The summed E-state index contributed by atoms with van der Waals surface area (Å²) in [7, 11) is 0. The van der Waals surface area contributed by atoms with E-state index in [1.807, 2.05) is 13.8 Å². The summed E-state index contributed by atoms with van der Waals surface area (Å²) in [5.41, 5.74) is 0. The molecule has 1 rings (SSSR count). The zero-order chi connectivity index (χ0) is 15.8. The molecule has 0 bridgehead atoms. The Labute approximate surface area is 152 Å².